The number of carbonyl (C=O) groups excluding carboxylic acids is 1. The van der Waals surface area contributed by atoms with Gasteiger partial charge in [-0.05, 0) is 51.4 Å². The van der Waals surface area contributed by atoms with Crippen molar-refractivity contribution in [3.8, 4) is 0 Å². The second kappa shape index (κ2) is 7.27. The summed E-state index contributed by atoms with van der Waals surface area (Å²) in [6.07, 6.45) is 5.59. The number of fused-ring (bicyclic) bond motifs is 2. The molecule has 2 N–H and O–H groups in total. The van der Waals surface area contributed by atoms with E-state index in [1.54, 1.807) is 0 Å². The number of hydrogen-bond acceptors (Lipinski definition) is 5. The predicted molar refractivity (Wildman–Crippen MR) is 97.3 cm³/mol. The fourth-order valence-corrected chi connectivity index (χ4v) is 5.21. The van der Waals surface area contributed by atoms with Crippen LogP contribution in [0.5, 0.6) is 0 Å². The lowest BCUT2D eigenvalue weighted by atomic mass is 9.65. The van der Waals surface area contributed by atoms with Crippen LogP contribution in [0.2, 0.25) is 0 Å². The van der Waals surface area contributed by atoms with Crippen LogP contribution in [0.25, 0.3) is 0 Å². The van der Waals surface area contributed by atoms with Crippen molar-refractivity contribution < 1.29 is 9.53 Å². The normalized spacial score (nSPS) is 34.7. The fourth-order valence-electron chi connectivity index (χ4n) is 5.21. The number of ether oxygens (including phenoxy) is 1. The molecule has 3 fully saturated rings. The van der Waals surface area contributed by atoms with Crippen LogP contribution in [0.1, 0.15) is 43.8 Å². The van der Waals surface area contributed by atoms with Crippen LogP contribution in [-0.4, -0.2) is 57.4 Å². The van der Waals surface area contributed by atoms with Gasteiger partial charge >= 0.3 is 0 Å². The van der Waals surface area contributed by atoms with Gasteiger partial charge in [0.1, 0.15) is 11.6 Å². The minimum absolute atomic E-state index is 0.0159. The van der Waals surface area contributed by atoms with Gasteiger partial charge in [0.2, 0.25) is 5.91 Å². The van der Waals surface area contributed by atoms with Crippen LogP contribution in [0.4, 0.5) is 0 Å². The van der Waals surface area contributed by atoms with Crippen molar-refractivity contribution in [1.29, 1.82) is 0 Å². The van der Waals surface area contributed by atoms with Gasteiger partial charge in [-0.2, -0.15) is 5.10 Å². The first kappa shape index (κ1) is 17.9. The molecule has 7 nitrogen and oxygen atoms in total. The molecule has 3 unspecified atom stereocenters. The fraction of sp³-hybridized carbons (Fsp3) is 0.842. The average Bonchev–Trinajstić information content (AvgIpc) is 2.91. The molecule has 1 aromatic rings. The Hall–Kier alpha value is -1.47. The smallest absolute Gasteiger partial charge is 0.225 e. The molecule has 2 bridgehead atoms. The first-order valence-corrected chi connectivity index (χ1v) is 10.0. The Balaban J connectivity index is 1.38. The van der Waals surface area contributed by atoms with Crippen LogP contribution in [0.3, 0.4) is 0 Å². The van der Waals surface area contributed by atoms with Crippen LogP contribution in [0, 0.1) is 31.6 Å². The maximum Gasteiger partial charge on any atom is 0.225 e. The second-order valence-electron chi connectivity index (χ2n) is 8.36. The van der Waals surface area contributed by atoms with E-state index in [0.29, 0.717) is 50.0 Å². The third-order valence-electron chi connectivity index (χ3n) is 6.55. The highest BCUT2D eigenvalue weighted by Gasteiger charge is 2.42. The Bertz CT molecular complexity index is 646. The SMILES string of the molecule is Cc1nc(C)n(CC2CN(C(=O)C3CC4CCCC(C3)C4N)CCO2)n1. The maximum atomic E-state index is 13.2. The molecule has 0 radical (unpaired) electrons. The standard InChI is InChI=1S/C19H31N5O2/c1-12-21-13(2)24(22-12)11-17-10-23(6-7-26-17)19(25)16-8-14-4-3-5-15(9-16)18(14)20/h14-18H,3-11,20H2,1-2H3. The van der Waals surface area contributed by atoms with E-state index < -0.39 is 0 Å². The number of rotatable bonds is 3. The van der Waals surface area contributed by atoms with Crippen molar-refractivity contribution in [2.75, 3.05) is 19.7 Å². The number of hydrogen-bond donors (Lipinski definition) is 1. The summed E-state index contributed by atoms with van der Waals surface area (Å²) in [5.74, 6) is 3.20. The summed E-state index contributed by atoms with van der Waals surface area (Å²) in [4.78, 5) is 19.5. The highest BCUT2D eigenvalue weighted by molar-refractivity contribution is 5.79. The van der Waals surface area contributed by atoms with E-state index >= 15 is 0 Å². The van der Waals surface area contributed by atoms with Gasteiger partial charge in [-0.1, -0.05) is 6.42 Å². The summed E-state index contributed by atoms with van der Waals surface area (Å²) in [7, 11) is 0. The Morgan fingerprint density at radius 3 is 2.65 bits per heavy atom. The molecule has 1 amide bonds. The third kappa shape index (κ3) is 3.51. The van der Waals surface area contributed by atoms with Crippen molar-refractivity contribution in [3.63, 3.8) is 0 Å². The largest absolute Gasteiger partial charge is 0.373 e. The molecule has 1 aromatic heterocycles. The number of nitrogens with zero attached hydrogens (tertiary/aromatic N) is 4. The van der Waals surface area contributed by atoms with Crippen molar-refractivity contribution in [3.05, 3.63) is 11.6 Å². The summed E-state index contributed by atoms with van der Waals surface area (Å²) in [6.45, 7) is 6.44. The quantitative estimate of drug-likeness (QED) is 0.876. The molecule has 7 heteroatoms. The minimum Gasteiger partial charge on any atom is -0.373 e. The van der Waals surface area contributed by atoms with E-state index in [1.807, 2.05) is 23.4 Å². The third-order valence-corrected chi connectivity index (χ3v) is 6.55. The maximum absolute atomic E-state index is 13.2. The van der Waals surface area contributed by atoms with E-state index in [4.69, 9.17) is 10.5 Å². The summed E-state index contributed by atoms with van der Waals surface area (Å²) in [6, 6.07) is 0.309. The Labute approximate surface area is 155 Å². The predicted octanol–water partition coefficient (Wildman–Crippen LogP) is 1.28. The Morgan fingerprint density at radius 2 is 2.00 bits per heavy atom. The molecule has 1 saturated heterocycles. The first-order valence-electron chi connectivity index (χ1n) is 10.0. The molecule has 2 aliphatic carbocycles. The van der Waals surface area contributed by atoms with E-state index in [2.05, 4.69) is 10.1 Å². The van der Waals surface area contributed by atoms with Crippen LogP contribution in [0.15, 0.2) is 0 Å². The van der Waals surface area contributed by atoms with Gasteiger partial charge in [0.25, 0.3) is 0 Å². The molecule has 0 spiro atoms. The monoisotopic (exact) mass is 361 g/mol. The molecular weight excluding hydrogens is 330 g/mol. The van der Waals surface area contributed by atoms with Crippen LogP contribution in [-0.2, 0) is 16.1 Å². The van der Waals surface area contributed by atoms with Gasteiger partial charge in [-0.25, -0.2) is 9.67 Å². The zero-order valence-corrected chi connectivity index (χ0v) is 15.9. The summed E-state index contributed by atoms with van der Waals surface area (Å²) in [5.41, 5.74) is 6.39. The molecule has 26 heavy (non-hydrogen) atoms. The molecular formula is C19H31N5O2. The van der Waals surface area contributed by atoms with E-state index in [-0.39, 0.29) is 12.0 Å². The van der Waals surface area contributed by atoms with Gasteiger partial charge < -0.3 is 15.4 Å². The summed E-state index contributed by atoms with van der Waals surface area (Å²) >= 11 is 0. The summed E-state index contributed by atoms with van der Waals surface area (Å²) in [5, 5.41) is 4.42. The molecule has 3 atom stereocenters. The van der Waals surface area contributed by atoms with Gasteiger partial charge in [0, 0.05) is 25.0 Å². The zero-order valence-electron chi connectivity index (χ0n) is 15.9. The zero-order chi connectivity index (χ0) is 18.3. The van der Waals surface area contributed by atoms with E-state index in [0.717, 1.165) is 24.5 Å². The number of carbonyl (C=O) groups is 1. The van der Waals surface area contributed by atoms with E-state index in [9.17, 15) is 4.79 Å². The Kier molecular flexibility index (Phi) is 5.01. The highest BCUT2D eigenvalue weighted by Crippen LogP contribution is 2.42. The molecule has 144 valence electrons. The van der Waals surface area contributed by atoms with Gasteiger partial charge in [0.15, 0.2) is 0 Å². The molecule has 3 aliphatic rings. The van der Waals surface area contributed by atoms with Gasteiger partial charge in [-0.15, -0.1) is 0 Å². The molecule has 0 aromatic carbocycles. The van der Waals surface area contributed by atoms with Crippen molar-refractivity contribution >= 4 is 5.91 Å². The number of amides is 1. The van der Waals surface area contributed by atoms with E-state index in [1.165, 1.54) is 19.3 Å². The lowest BCUT2D eigenvalue weighted by Crippen LogP contribution is -2.53. The van der Waals surface area contributed by atoms with Crippen LogP contribution >= 0.6 is 0 Å². The van der Waals surface area contributed by atoms with Crippen molar-refractivity contribution in [2.45, 2.75) is 64.6 Å². The number of nitrogens with two attached hydrogens (primary N) is 1. The van der Waals surface area contributed by atoms with Gasteiger partial charge in [0.05, 0.1) is 19.3 Å². The molecule has 1 aliphatic heterocycles. The summed E-state index contributed by atoms with van der Waals surface area (Å²) < 4.78 is 7.79. The molecule has 2 saturated carbocycles. The number of aromatic nitrogens is 3. The highest BCUT2D eigenvalue weighted by atomic mass is 16.5. The average molecular weight is 361 g/mol. The molecule has 4 rings (SSSR count). The van der Waals surface area contributed by atoms with Crippen molar-refractivity contribution in [1.82, 2.24) is 19.7 Å². The first-order chi connectivity index (χ1) is 12.5. The topological polar surface area (TPSA) is 86.3 Å². The lowest BCUT2D eigenvalue weighted by molar-refractivity contribution is -0.146. The lowest BCUT2D eigenvalue weighted by Gasteiger charge is -2.45. The van der Waals surface area contributed by atoms with Gasteiger partial charge in [-0.3, -0.25) is 4.79 Å². The van der Waals surface area contributed by atoms with Crippen LogP contribution < -0.4 is 5.73 Å². The number of aryl methyl sites for hydroxylation is 2. The van der Waals surface area contributed by atoms with Crippen molar-refractivity contribution in [2.24, 2.45) is 23.5 Å². The minimum atomic E-state index is -0.0159. The number of morpholine rings is 1. The second-order valence-corrected chi connectivity index (χ2v) is 8.36. The molecule has 2 heterocycles. The Morgan fingerprint density at radius 1 is 1.27 bits per heavy atom.